The number of aromatic nitrogens is 1. The number of pyridine rings is 1. The molecule has 1 fully saturated rings. The number of halogens is 1. The van der Waals surface area contributed by atoms with Crippen molar-refractivity contribution in [1.82, 2.24) is 14.6 Å². The van der Waals surface area contributed by atoms with Crippen LogP contribution in [0.3, 0.4) is 0 Å². The number of amides is 1. The third-order valence-electron chi connectivity index (χ3n) is 3.47. The van der Waals surface area contributed by atoms with E-state index in [1.807, 2.05) is 0 Å². The number of carbonyl (C=O) groups excluding carboxylic acids is 1. The molecule has 0 aromatic carbocycles. The van der Waals surface area contributed by atoms with Gasteiger partial charge in [-0.05, 0) is 24.8 Å². The van der Waals surface area contributed by atoms with Crippen LogP contribution in [-0.2, 0) is 10.0 Å². The van der Waals surface area contributed by atoms with Crippen LogP contribution in [0.2, 0.25) is 5.02 Å². The summed E-state index contributed by atoms with van der Waals surface area (Å²) in [5, 5.41) is 3.21. The normalized spacial score (nSPS) is 20.2. The van der Waals surface area contributed by atoms with E-state index < -0.39 is 10.0 Å². The number of carbonyl (C=O) groups is 1. The zero-order chi connectivity index (χ0) is 15.5. The third-order valence-corrected chi connectivity index (χ3v) is 4.95. The van der Waals surface area contributed by atoms with E-state index in [4.69, 9.17) is 11.6 Å². The Hall–Kier alpha value is -1.18. The van der Waals surface area contributed by atoms with Crippen molar-refractivity contribution in [3.63, 3.8) is 0 Å². The second-order valence-corrected chi connectivity index (χ2v) is 7.65. The van der Waals surface area contributed by atoms with Crippen molar-refractivity contribution in [3.05, 3.63) is 29.0 Å². The first-order valence-corrected chi connectivity index (χ1v) is 8.93. The predicted molar refractivity (Wildman–Crippen MR) is 80.7 cm³/mol. The largest absolute Gasteiger partial charge is 0.352 e. The summed E-state index contributed by atoms with van der Waals surface area (Å²) in [6.45, 7) is 1.45. The van der Waals surface area contributed by atoms with Crippen molar-refractivity contribution in [2.24, 2.45) is 5.92 Å². The van der Waals surface area contributed by atoms with Gasteiger partial charge in [-0.15, -0.1) is 0 Å². The quantitative estimate of drug-likeness (QED) is 0.897. The molecule has 1 saturated heterocycles. The number of nitrogens with zero attached hydrogens (tertiary/aromatic N) is 2. The van der Waals surface area contributed by atoms with Crippen LogP contribution < -0.4 is 5.32 Å². The lowest BCUT2D eigenvalue weighted by atomic mass is 9.99. The molecule has 1 aromatic heterocycles. The summed E-state index contributed by atoms with van der Waals surface area (Å²) >= 11 is 5.79. The molecule has 1 aliphatic rings. The van der Waals surface area contributed by atoms with Gasteiger partial charge >= 0.3 is 0 Å². The van der Waals surface area contributed by atoms with Crippen LogP contribution in [0, 0.1) is 5.92 Å². The summed E-state index contributed by atoms with van der Waals surface area (Å²) in [6.07, 6.45) is 5.84. The third kappa shape index (κ3) is 4.66. The Bertz CT molecular complexity index is 621. The summed E-state index contributed by atoms with van der Waals surface area (Å²) in [4.78, 5) is 15.8. The Morgan fingerprint density at radius 3 is 2.95 bits per heavy atom. The van der Waals surface area contributed by atoms with Crippen molar-refractivity contribution in [1.29, 1.82) is 0 Å². The van der Waals surface area contributed by atoms with Crippen LogP contribution in [0.4, 0.5) is 0 Å². The molecule has 0 radical (unpaired) electrons. The highest BCUT2D eigenvalue weighted by Crippen LogP contribution is 2.18. The standard InChI is InChI=1S/C13H18ClN3O3S/c1-21(19,20)17-4-2-3-10(9-17)6-16-13(18)11-5-12(14)8-15-7-11/h5,7-8,10H,2-4,6,9H2,1H3,(H,16,18)/t10-/m1/s1. The van der Waals surface area contributed by atoms with Gasteiger partial charge in [0, 0.05) is 32.0 Å². The molecule has 1 aromatic rings. The van der Waals surface area contributed by atoms with Crippen molar-refractivity contribution in [2.75, 3.05) is 25.9 Å². The summed E-state index contributed by atoms with van der Waals surface area (Å²) in [6, 6.07) is 1.55. The smallest absolute Gasteiger partial charge is 0.252 e. The molecule has 116 valence electrons. The van der Waals surface area contributed by atoms with Crippen LogP contribution in [0.1, 0.15) is 23.2 Å². The molecule has 1 atom stereocenters. The molecule has 0 saturated carbocycles. The zero-order valence-corrected chi connectivity index (χ0v) is 13.3. The lowest BCUT2D eigenvalue weighted by molar-refractivity contribution is 0.0941. The molecule has 1 amide bonds. The van der Waals surface area contributed by atoms with E-state index in [1.54, 1.807) is 6.07 Å². The van der Waals surface area contributed by atoms with Crippen molar-refractivity contribution in [2.45, 2.75) is 12.8 Å². The van der Waals surface area contributed by atoms with Gasteiger partial charge in [0.15, 0.2) is 0 Å². The molecule has 0 spiro atoms. The van der Waals surface area contributed by atoms with Gasteiger partial charge in [-0.25, -0.2) is 12.7 Å². The Morgan fingerprint density at radius 1 is 1.52 bits per heavy atom. The molecule has 1 aliphatic heterocycles. The lowest BCUT2D eigenvalue weighted by Crippen LogP contribution is -2.43. The molecule has 21 heavy (non-hydrogen) atoms. The van der Waals surface area contributed by atoms with Gasteiger partial charge in [0.1, 0.15) is 0 Å². The molecule has 0 bridgehead atoms. The van der Waals surface area contributed by atoms with E-state index >= 15 is 0 Å². The highest BCUT2D eigenvalue weighted by Gasteiger charge is 2.26. The molecular formula is C13H18ClN3O3S. The molecule has 1 N–H and O–H groups in total. The van der Waals surface area contributed by atoms with Crippen LogP contribution >= 0.6 is 11.6 Å². The summed E-state index contributed by atoms with van der Waals surface area (Å²) < 4.78 is 24.6. The minimum atomic E-state index is -3.16. The number of sulfonamides is 1. The number of piperidine rings is 1. The van der Waals surface area contributed by atoms with E-state index in [0.717, 1.165) is 12.8 Å². The summed E-state index contributed by atoms with van der Waals surface area (Å²) in [5.74, 6) is -0.119. The maximum Gasteiger partial charge on any atom is 0.252 e. The fourth-order valence-electron chi connectivity index (χ4n) is 2.37. The van der Waals surface area contributed by atoms with Crippen LogP contribution in [-0.4, -0.2) is 49.5 Å². The molecule has 6 nitrogen and oxygen atoms in total. The first-order valence-electron chi connectivity index (χ1n) is 6.70. The molecule has 0 unspecified atom stereocenters. The fourth-order valence-corrected chi connectivity index (χ4v) is 3.49. The topological polar surface area (TPSA) is 79.4 Å². The minimum absolute atomic E-state index is 0.129. The molecule has 2 heterocycles. The summed E-state index contributed by atoms with van der Waals surface area (Å²) in [5.41, 5.74) is 0.401. The van der Waals surface area contributed by atoms with Crippen LogP contribution in [0.25, 0.3) is 0 Å². The number of hydrogen-bond donors (Lipinski definition) is 1. The van der Waals surface area contributed by atoms with Gasteiger partial charge in [0.05, 0.1) is 16.8 Å². The van der Waals surface area contributed by atoms with Gasteiger partial charge in [-0.1, -0.05) is 11.6 Å². The zero-order valence-electron chi connectivity index (χ0n) is 11.8. The Labute approximate surface area is 129 Å². The van der Waals surface area contributed by atoms with E-state index in [-0.39, 0.29) is 11.8 Å². The molecule has 0 aliphatic carbocycles. The predicted octanol–water partition coefficient (Wildman–Crippen LogP) is 1.14. The number of rotatable bonds is 4. The SMILES string of the molecule is CS(=O)(=O)N1CCC[C@H](CNC(=O)c2cncc(Cl)c2)C1. The number of nitrogens with one attached hydrogen (secondary N) is 1. The van der Waals surface area contributed by atoms with Gasteiger partial charge in [0.2, 0.25) is 10.0 Å². The monoisotopic (exact) mass is 331 g/mol. The van der Waals surface area contributed by atoms with E-state index in [1.165, 1.54) is 23.0 Å². The maximum atomic E-state index is 12.0. The van der Waals surface area contributed by atoms with Gasteiger partial charge < -0.3 is 5.32 Å². The summed E-state index contributed by atoms with van der Waals surface area (Å²) in [7, 11) is -3.16. The fraction of sp³-hybridized carbons (Fsp3) is 0.538. The van der Waals surface area contributed by atoms with Crippen molar-refractivity contribution >= 4 is 27.5 Å². The van der Waals surface area contributed by atoms with Crippen molar-refractivity contribution < 1.29 is 13.2 Å². The average molecular weight is 332 g/mol. The number of hydrogen-bond acceptors (Lipinski definition) is 4. The Morgan fingerprint density at radius 2 is 2.29 bits per heavy atom. The highest BCUT2D eigenvalue weighted by atomic mass is 35.5. The average Bonchev–Trinajstić information content (AvgIpc) is 2.44. The highest BCUT2D eigenvalue weighted by molar-refractivity contribution is 7.88. The lowest BCUT2D eigenvalue weighted by Gasteiger charge is -2.30. The van der Waals surface area contributed by atoms with Crippen LogP contribution in [0.15, 0.2) is 18.5 Å². The first-order chi connectivity index (χ1) is 9.86. The van der Waals surface area contributed by atoms with E-state index in [9.17, 15) is 13.2 Å². The van der Waals surface area contributed by atoms with Crippen LogP contribution in [0.5, 0.6) is 0 Å². The van der Waals surface area contributed by atoms with E-state index in [0.29, 0.717) is 30.2 Å². The molecular weight excluding hydrogens is 314 g/mol. The Balaban J connectivity index is 1.89. The van der Waals surface area contributed by atoms with Gasteiger partial charge in [0.25, 0.3) is 5.91 Å². The second kappa shape index (κ2) is 6.72. The van der Waals surface area contributed by atoms with Gasteiger partial charge in [-0.3, -0.25) is 9.78 Å². The maximum absolute atomic E-state index is 12.0. The van der Waals surface area contributed by atoms with Crippen molar-refractivity contribution in [3.8, 4) is 0 Å². The van der Waals surface area contributed by atoms with Gasteiger partial charge in [-0.2, -0.15) is 0 Å². The Kier molecular flexibility index (Phi) is 5.18. The van der Waals surface area contributed by atoms with E-state index in [2.05, 4.69) is 10.3 Å². The first kappa shape index (κ1) is 16.2. The molecule has 8 heteroatoms. The minimum Gasteiger partial charge on any atom is -0.352 e. The second-order valence-electron chi connectivity index (χ2n) is 5.23. The molecule has 2 rings (SSSR count).